The van der Waals surface area contributed by atoms with Crippen LogP contribution in [-0.4, -0.2) is 54.7 Å². The van der Waals surface area contributed by atoms with Crippen molar-refractivity contribution in [1.82, 2.24) is 29.8 Å². The standard InChI is InChI=1S/C31H27N9O3/c1-17-11-22(24-8-5-20(14-34-24)30(42)40-10-9-21(15-40)27(33)41)12-18(2)26(17)43-29-25-28(36-16-35-25)38-31(39-29)37-23-6-3-19(13-32)4-7-23/h3-8,11-12,14,16,21H,9-10,15H2,1-2H3,(H2,33,41)(H2,35,36,37,38,39). The first-order valence-corrected chi connectivity index (χ1v) is 13.6. The second kappa shape index (κ2) is 11.2. The summed E-state index contributed by atoms with van der Waals surface area (Å²) in [6, 6.07) is 16.5. The van der Waals surface area contributed by atoms with E-state index < -0.39 is 0 Å². The lowest BCUT2D eigenvalue weighted by atomic mass is 10.0. The molecule has 1 fully saturated rings. The van der Waals surface area contributed by atoms with Gasteiger partial charge in [-0.05, 0) is 79.9 Å². The van der Waals surface area contributed by atoms with Gasteiger partial charge >= 0.3 is 0 Å². The van der Waals surface area contributed by atoms with Crippen molar-refractivity contribution in [2.75, 3.05) is 18.4 Å². The number of fused-ring (bicyclic) bond motifs is 1. The summed E-state index contributed by atoms with van der Waals surface area (Å²) in [6.45, 7) is 4.71. The van der Waals surface area contributed by atoms with Crippen LogP contribution in [0.2, 0.25) is 0 Å². The van der Waals surface area contributed by atoms with Crippen molar-refractivity contribution in [3.05, 3.63) is 83.3 Å². The number of carbonyl (C=O) groups is 2. The molecule has 0 spiro atoms. The van der Waals surface area contributed by atoms with Gasteiger partial charge in [0.2, 0.25) is 11.9 Å². The van der Waals surface area contributed by atoms with Gasteiger partial charge in [-0.2, -0.15) is 15.2 Å². The van der Waals surface area contributed by atoms with E-state index in [4.69, 9.17) is 15.7 Å². The fourth-order valence-electron chi connectivity index (χ4n) is 5.10. The maximum atomic E-state index is 12.9. The number of pyridine rings is 1. The summed E-state index contributed by atoms with van der Waals surface area (Å²) >= 11 is 0. The molecule has 1 aliphatic heterocycles. The minimum absolute atomic E-state index is 0.165. The van der Waals surface area contributed by atoms with E-state index in [1.54, 1.807) is 41.4 Å². The number of aromatic amines is 1. The summed E-state index contributed by atoms with van der Waals surface area (Å²) in [5.41, 5.74) is 11.4. The molecular weight excluding hydrogens is 546 g/mol. The number of benzene rings is 2. The largest absolute Gasteiger partial charge is 0.436 e. The lowest BCUT2D eigenvalue weighted by Crippen LogP contribution is -2.31. The highest BCUT2D eigenvalue weighted by Crippen LogP contribution is 2.35. The van der Waals surface area contributed by atoms with E-state index in [1.165, 1.54) is 6.33 Å². The quantitative estimate of drug-likeness (QED) is 0.255. The molecular formula is C31H27N9O3. The molecule has 5 aromatic rings. The number of primary amides is 1. The minimum atomic E-state index is -0.379. The molecule has 2 aromatic carbocycles. The highest BCUT2D eigenvalue weighted by Gasteiger charge is 2.30. The van der Waals surface area contributed by atoms with Gasteiger partial charge in [-0.15, -0.1) is 0 Å². The molecule has 0 radical (unpaired) electrons. The molecule has 12 heteroatoms. The number of imidazole rings is 1. The summed E-state index contributed by atoms with van der Waals surface area (Å²) in [5.74, 6) is 0.383. The van der Waals surface area contributed by atoms with E-state index in [0.29, 0.717) is 70.8 Å². The van der Waals surface area contributed by atoms with E-state index in [0.717, 1.165) is 16.7 Å². The van der Waals surface area contributed by atoms with Crippen LogP contribution in [0, 0.1) is 31.1 Å². The zero-order valence-corrected chi connectivity index (χ0v) is 23.5. The number of nitrogens with two attached hydrogens (primary N) is 1. The summed E-state index contributed by atoms with van der Waals surface area (Å²) in [7, 11) is 0. The van der Waals surface area contributed by atoms with E-state index in [2.05, 4.69) is 36.3 Å². The third kappa shape index (κ3) is 5.56. The van der Waals surface area contributed by atoms with Gasteiger partial charge in [-0.1, -0.05) is 0 Å². The lowest BCUT2D eigenvalue weighted by Gasteiger charge is -2.16. The number of aryl methyl sites for hydroxylation is 2. The van der Waals surface area contributed by atoms with Gasteiger partial charge in [0.25, 0.3) is 11.8 Å². The molecule has 1 unspecified atom stereocenters. The number of H-pyrrole nitrogens is 1. The molecule has 3 aromatic heterocycles. The van der Waals surface area contributed by atoms with Crippen LogP contribution < -0.4 is 15.8 Å². The zero-order valence-electron chi connectivity index (χ0n) is 23.5. The third-order valence-electron chi connectivity index (χ3n) is 7.37. The van der Waals surface area contributed by atoms with Gasteiger partial charge in [-0.25, -0.2) is 4.98 Å². The second-order valence-electron chi connectivity index (χ2n) is 10.4. The molecule has 0 aliphatic carbocycles. The first-order chi connectivity index (χ1) is 20.8. The smallest absolute Gasteiger partial charge is 0.255 e. The number of likely N-dealkylation sites (tertiary alicyclic amines) is 1. The van der Waals surface area contributed by atoms with Gasteiger partial charge in [-0.3, -0.25) is 14.6 Å². The number of carbonyl (C=O) groups excluding carboxylic acids is 2. The van der Waals surface area contributed by atoms with Gasteiger partial charge in [0.1, 0.15) is 11.3 Å². The predicted molar refractivity (Wildman–Crippen MR) is 159 cm³/mol. The van der Waals surface area contributed by atoms with Crippen LogP contribution in [0.4, 0.5) is 11.6 Å². The monoisotopic (exact) mass is 573 g/mol. The van der Waals surface area contributed by atoms with Crippen LogP contribution in [0.15, 0.2) is 61.1 Å². The third-order valence-corrected chi connectivity index (χ3v) is 7.37. The number of rotatable bonds is 7. The number of aromatic nitrogens is 5. The van der Waals surface area contributed by atoms with Crippen molar-refractivity contribution in [1.29, 1.82) is 5.26 Å². The van der Waals surface area contributed by atoms with Crippen molar-refractivity contribution in [2.24, 2.45) is 11.7 Å². The number of nitrogens with zero attached hydrogens (tertiary/aromatic N) is 6. The number of nitrogens with one attached hydrogen (secondary N) is 2. The average Bonchev–Trinajstić information content (AvgIpc) is 3.70. The van der Waals surface area contributed by atoms with Crippen molar-refractivity contribution in [2.45, 2.75) is 20.3 Å². The maximum Gasteiger partial charge on any atom is 0.255 e. The highest BCUT2D eigenvalue weighted by molar-refractivity contribution is 5.95. The Bertz CT molecular complexity index is 1870. The molecule has 43 heavy (non-hydrogen) atoms. The Morgan fingerprint density at radius 2 is 1.86 bits per heavy atom. The first-order valence-electron chi connectivity index (χ1n) is 13.6. The molecule has 0 bridgehead atoms. The molecule has 214 valence electrons. The van der Waals surface area contributed by atoms with E-state index >= 15 is 0 Å². The van der Waals surface area contributed by atoms with Crippen LogP contribution >= 0.6 is 0 Å². The molecule has 2 amide bonds. The molecule has 4 N–H and O–H groups in total. The Morgan fingerprint density at radius 3 is 2.51 bits per heavy atom. The van der Waals surface area contributed by atoms with Crippen LogP contribution in [0.5, 0.6) is 11.6 Å². The molecule has 1 aliphatic rings. The van der Waals surface area contributed by atoms with Gasteiger partial charge in [0.15, 0.2) is 5.65 Å². The number of amides is 2. The number of hydrogen-bond acceptors (Lipinski definition) is 9. The maximum absolute atomic E-state index is 12.9. The summed E-state index contributed by atoms with van der Waals surface area (Å²) in [4.78, 5) is 46.9. The van der Waals surface area contributed by atoms with E-state index in [-0.39, 0.29) is 17.7 Å². The first kappa shape index (κ1) is 27.3. The normalized spacial score (nSPS) is 14.4. The Kier molecular flexibility index (Phi) is 7.13. The Hall–Kier alpha value is -5.83. The van der Waals surface area contributed by atoms with E-state index in [9.17, 15) is 9.59 Å². The molecule has 1 saturated heterocycles. The van der Waals surface area contributed by atoms with Crippen LogP contribution in [0.3, 0.4) is 0 Å². The minimum Gasteiger partial charge on any atom is -0.436 e. The molecule has 4 heterocycles. The Labute approximate surface area is 246 Å². The lowest BCUT2D eigenvalue weighted by molar-refractivity contribution is -0.121. The Balaban J connectivity index is 1.22. The number of hydrogen-bond donors (Lipinski definition) is 3. The SMILES string of the molecule is Cc1cc(-c2ccc(C(=O)N3CCC(C(N)=O)C3)cn2)cc(C)c1Oc1nc(Nc2ccc(C#N)cc2)nc2nc[nH]c12. The van der Waals surface area contributed by atoms with E-state index in [1.807, 2.05) is 32.0 Å². The topological polar surface area (TPSA) is 176 Å². The zero-order chi connectivity index (χ0) is 30.1. The predicted octanol–water partition coefficient (Wildman–Crippen LogP) is 4.39. The van der Waals surface area contributed by atoms with Crippen molar-refractivity contribution in [3.8, 4) is 29.0 Å². The van der Waals surface area contributed by atoms with Gasteiger partial charge in [0.05, 0.1) is 35.1 Å². The fraction of sp³-hybridized carbons (Fsp3) is 0.194. The molecule has 6 rings (SSSR count). The molecule has 0 saturated carbocycles. The van der Waals surface area contributed by atoms with Crippen molar-refractivity contribution in [3.63, 3.8) is 0 Å². The molecule has 1 atom stereocenters. The number of anilines is 2. The highest BCUT2D eigenvalue weighted by atomic mass is 16.5. The van der Waals surface area contributed by atoms with Crippen LogP contribution in [0.1, 0.15) is 33.5 Å². The second-order valence-corrected chi connectivity index (χ2v) is 10.4. The van der Waals surface area contributed by atoms with Gasteiger partial charge in [0, 0.05) is 30.5 Å². The number of ether oxygens (including phenoxy) is 1. The average molecular weight is 574 g/mol. The van der Waals surface area contributed by atoms with Crippen LogP contribution in [-0.2, 0) is 4.79 Å². The summed E-state index contributed by atoms with van der Waals surface area (Å²) in [5, 5.41) is 12.2. The van der Waals surface area contributed by atoms with Crippen molar-refractivity contribution >= 4 is 34.6 Å². The molecule has 12 nitrogen and oxygen atoms in total. The van der Waals surface area contributed by atoms with Crippen LogP contribution in [0.25, 0.3) is 22.4 Å². The summed E-state index contributed by atoms with van der Waals surface area (Å²) < 4.78 is 6.34. The summed E-state index contributed by atoms with van der Waals surface area (Å²) in [6.07, 6.45) is 3.67. The fourth-order valence-corrected chi connectivity index (χ4v) is 5.10. The van der Waals surface area contributed by atoms with Crippen molar-refractivity contribution < 1.29 is 14.3 Å². The number of nitriles is 1. The Morgan fingerprint density at radius 1 is 1.09 bits per heavy atom. The van der Waals surface area contributed by atoms with Gasteiger partial charge < -0.3 is 25.7 Å².